The highest BCUT2D eigenvalue weighted by atomic mass is 32.1. The molecule has 1 N–H and O–H groups in total. The van der Waals surface area contributed by atoms with Crippen molar-refractivity contribution in [3.8, 4) is 0 Å². The summed E-state index contributed by atoms with van der Waals surface area (Å²) in [5.41, 5.74) is 0. The Morgan fingerprint density at radius 3 is 1.80 bits per heavy atom. The zero-order valence-electron chi connectivity index (χ0n) is 6.55. The number of rotatable bonds is 7. The summed E-state index contributed by atoms with van der Waals surface area (Å²) < 4.78 is 0. The summed E-state index contributed by atoms with van der Waals surface area (Å²) in [5, 5.41) is 8.46. The van der Waals surface area contributed by atoms with Crippen LogP contribution in [-0.2, 0) is 0 Å². The first kappa shape index (κ1) is 10.3. The number of unbranched alkanes of at least 4 members (excludes halogenated alkanes) is 5. The molecule has 0 aliphatic carbocycles. The first-order chi connectivity index (χ1) is 4.91. The number of thiol groups is 1. The number of aliphatic hydroxyl groups is 1. The lowest BCUT2D eigenvalue weighted by Crippen LogP contribution is -1.83. The fraction of sp³-hybridized carbons (Fsp3) is 1.00. The summed E-state index contributed by atoms with van der Waals surface area (Å²) in [6, 6.07) is 0. The lowest BCUT2D eigenvalue weighted by Gasteiger charge is -1.97. The van der Waals surface area contributed by atoms with Crippen molar-refractivity contribution in [2.45, 2.75) is 38.5 Å². The molecule has 0 spiro atoms. The number of hydrogen-bond acceptors (Lipinski definition) is 2. The van der Waals surface area contributed by atoms with Crippen molar-refractivity contribution in [3.63, 3.8) is 0 Å². The smallest absolute Gasteiger partial charge is 0.0431 e. The monoisotopic (exact) mass is 162 g/mol. The second kappa shape index (κ2) is 9.31. The number of hydrogen-bond donors (Lipinski definition) is 2. The third-order valence-corrected chi connectivity index (χ3v) is 1.88. The molecule has 0 unspecified atom stereocenters. The molecule has 0 amide bonds. The van der Waals surface area contributed by atoms with Crippen LogP contribution in [0.5, 0.6) is 0 Å². The van der Waals surface area contributed by atoms with Gasteiger partial charge in [-0.2, -0.15) is 12.6 Å². The molecule has 0 radical (unpaired) electrons. The molecule has 0 rings (SSSR count). The Balaban J connectivity index is 2.65. The highest BCUT2D eigenvalue weighted by Crippen LogP contribution is 2.04. The average molecular weight is 162 g/mol. The maximum absolute atomic E-state index is 8.46. The fourth-order valence-corrected chi connectivity index (χ4v) is 1.15. The Bertz CT molecular complexity index is 49.2. The largest absolute Gasteiger partial charge is 0.396 e. The van der Waals surface area contributed by atoms with Gasteiger partial charge in [0, 0.05) is 6.61 Å². The van der Waals surface area contributed by atoms with Crippen LogP contribution in [0.25, 0.3) is 0 Å². The molecule has 0 saturated heterocycles. The van der Waals surface area contributed by atoms with Gasteiger partial charge in [0.15, 0.2) is 0 Å². The Kier molecular flexibility index (Phi) is 9.60. The van der Waals surface area contributed by atoms with Crippen molar-refractivity contribution < 1.29 is 5.11 Å². The van der Waals surface area contributed by atoms with Gasteiger partial charge in [-0.3, -0.25) is 0 Å². The molecule has 0 aliphatic rings. The van der Waals surface area contributed by atoms with Crippen molar-refractivity contribution >= 4 is 12.6 Å². The Labute approximate surface area is 69.2 Å². The minimum atomic E-state index is 0.354. The second-order valence-corrected chi connectivity index (χ2v) is 3.02. The standard InChI is InChI=1S/C8H18OS/c9-7-5-3-1-2-4-6-8-10/h9-10H,1-8H2. The van der Waals surface area contributed by atoms with Crippen LogP contribution in [0.4, 0.5) is 0 Å². The van der Waals surface area contributed by atoms with E-state index in [9.17, 15) is 0 Å². The molecule has 0 aliphatic heterocycles. The van der Waals surface area contributed by atoms with Gasteiger partial charge in [0.05, 0.1) is 0 Å². The van der Waals surface area contributed by atoms with Gasteiger partial charge in [-0.15, -0.1) is 0 Å². The van der Waals surface area contributed by atoms with Gasteiger partial charge in [-0.1, -0.05) is 25.7 Å². The summed E-state index contributed by atoms with van der Waals surface area (Å²) in [5.74, 6) is 1.01. The summed E-state index contributed by atoms with van der Waals surface area (Å²) >= 11 is 4.12. The SMILES string of the molecule is OCCCCCCCCS. The highest BCUT2D eigenvalue weighted by Gasteiger charge is 1.88. The molecule has 0 aromatic carbocycles. The van der Waals surface area contributed by atoms with E-state index in [-0.39, 0.29) is 0 Å². The van der Waals surface area contributed by atoms with Crippen LogP contribution in [0.2, 0.25) is 0 Å². The molecule has 62 valence electrons. The van der Waals surface area contributed by atoms with Crippen LogP contribution in [-0.4, -0.2) is 17.5 Å². The van der Waals surface area contributed by atoms with Crippen LogP contribution >= 0.6 is 12.6 Å². The lowest BCUT2D eigenvalue weighted by molar-refractivity contribution is 0.282. The predicted octanol–water partition coefficient (Wildman–Crippen LogP) is 2.25. The van der Waals surface area contributed by atoms with Crippen LogP contribution in [0.15, 0.2) is 0 Å². The van der Waals surface area contributed by atoms with Gasteiger partial charge < -0.3 is 5.11 Å². The molecule has 10 heavy (non-hydrogen) atoms. The third kappa shape index (κ3) is 8.31. The summed E-state index contributed by atoms with van der Waals surface area (Å²) in [4.78, 5) is 0. The van der Waals surface area contributed by atoms with Crippen LogP contribution < -0.4 is 0 Å². The van der Waals surface area contributed by atoms with Gasteiger partial charge >= 0.3 is 0 Å². The predicted molar refractivity (Wildman–Crippen MR) is 48.6 cm³/mol. The molecular weight excluding hydrogens is 144 g/mol. The van der Waals surface area contributed by atoms with Crippen LogP contribution in [0.1, 0.15) is 38.5 Å². The van der Waals surface area contributed by atoms with E-state index in [0.717, 1.165) is 12.2 Å². The molecule has 0 bridgehead atoms. The zero-order valence-corrected chi connectivity index (χ0v) is 7.45. The summed E-state index contributed by atoms with van der Waals surface area (Å²) in [6.45, 7) is 0.354. The first-order valence-electron chi connectivity index (χ1n) is 4.13. The molecule has 0 aromatic heterocycles. The van der Waals surface area contributed by atoms with Gasteiger partial charge in [0.25, 0.3) is 0 Å². The highest BCUT2D eigenvalue weighted by molar-refractivity contribution is 7.80. The van der Waals surface area contributed by atoms with E-state index in [1.165, 1.54) is 32.1 Å². The van der Waals surface area contributed by atoms with Crippen LogP contribution in [0, 0.1) is 0 Å². The quantitative estimate of drug-likeness (QED) is 0.434. The van der Waals surface area contributed by atoms with E-state index in [2.05, 4.69) is 12.6 Å². The second-order valence-electron chi connectivity index (χ2n) is 2.57. The Morgan fingerprint density at radius 1 is 0.800 bits per heavy atom. The lowest BCUT2D eigenvalue weighted by atomic mass is 10.1. The molecular formula is C8H18OS. The van der Waals surface area contributed by atoms with E-state index < -0.39 is 0 Å². The van der Waals surface area contributed by atoms with E-state index in [4.69, 9.17) is 5.11 Å². The van der Waals surface area contributed by atoms with Crippen molar-refractivity contribution in [1.29, 1.82) is 0 Å². The van der Waals surface area contributed by atoms with Gasteiger partial charge in [-0.25, -0.2) is 0 Å². The molecule has 0 saturated carbocycles. The zero-order chi connectivity index (χ0) is 7.66. The minimum Gasteiger partial charge on any atom is -0.396 e. The molecule has 2 heteroatoms. The summed E-state index contributed by atoms with van der Waals surface area (Å²) in [6.07, 6.45) is 7.27. The average Bonchev–Trinajstić information content (AvgIpc) is 1.97. The van der Waals surface area contributed by atoms with Crippen molar-refractivity contribution in [2.24, 2.45) is 0 Å². The molecule has 0 atom stereocenters. The Morgan fingerprint density at radius 2 is 1.30 bits per heavy atom. The number of aliphatic hydroxyl groups excluding tert-OH is 1. The first-order valence-corrected chi connectivity index (χ1v) is 4.76. The van der Waals surface area contributed by atoms with E-state index in [1.807, 2.05) is 0 Å². The topological polar surface area (TPSA) is 20.2 Å². The van der Waals surface area contributed by atoms with E-state index >= 15 is 0 Å². The van der Waals surface area contributed by atoms with Crippen molar-refractivity contribution in [2.75, 3.05) is 12.4 Å². The van der Waals surface area contributed by atoms with Gasteiger partial charge in [0.2, 0.25) is 0 Å². The molecule has 0 fully saturated rings. The molecule has 0 aromatic rings. The van der Waals surface area contributed by atoms with Gasteiger partial charge in [-0.05, 0) is 18.6 Å². The normalized spacial score (nSPS) is 10.2. The van der Waals surface area contributed by atoms with E-state index in [1.54, 1.807) is 0 Å². The Hall–Kier alpha value is 0.310. The van der Waals surface area contributed by atoms with Crippen molar-refractivity contribution in [1.82, 2.24) is 0 Å². The van der Waals surface area contributed by atoms with Gasteiger partial charge in [0.1, 0.15) is 0 Å². The van der Waals surface area contributed by atoms with E-state index in [0.29, 0.717) is 6.61 Å². The van der Waals surface area contributed by atoms with Crippen molar-refractivity contribution in [3.05, 3.63) is 0 Å². The maximum atomic E-state index is 8.46. The molecule has 1 nitrogen and oxygen atoms in total. The summed E-state index contributed by atoms with van der Waals surface area (Å²) in [7, 11) is 0. The third-order valence-electron chi connectivity index (χ3n) is 1.57. The van der Waals surface area contributed by atoms with Crippen LogP contribution in [0.3, 0.4) is 0 Å². The molecule has 0 heterocycles. The minimum absolute atomic E-state index is 0.354. The fourth-order valence-electron chi connectivity index (χ4n) is 0.931. The maximum Gasteiger partial charge on any atom is 0.0431 e.